The molecule has 1 aromatic heterocycles. The third-order valence-electron chi connectivity index (χ3n) is 2.65. The van der Waals surface area contributed by atoms with Gasteiger partial charge in [0.25, 0.3) is 0 Å². The zero-order valence-electron chi connectivity index (χ0n) is 10.6. The van der Waals surface area contributed by atoms with Crippen molar-refractivity contribution in [3.05, 3.63) is 22.4 Å². The van der Waals surface area contributed by atoms with Gasteiger partial charge in [0.2, 0.25) is 5.91 Å². The summed E-state index contributed by atoms with van der Waals surface area (Å²) in [5.41, 5.74) is 5.68. The van der Waals surface area contributed by atoms with E-state index >= 15 is 0 Å². The molecule has 1 rings (SSSR count). The van der Waals surface area contributed by atoms with Crippen molar-refractivity contribution in [2.24, 2.45) is 17.6 Å². The highest BCUT2D eigenvalue weighted by molar-refractivity contribution is 7.09. The molecule has 0 spiro atoms. The van der Waals surface area contributed by atoms with E-state index in [2.05, 4.69) is 19.2 Å². The SMILES string of the molecule is CC(C)CC(CN)CC(=O)NCc1cccs1. The van der Waals surface area contributed by atoms with E-state index in [-0.39, 0.29) is 5.91 Å². The Labute approximate surface area is 107 Å². The van der Waals surface area contributed by atoms with E-state index in [0.29, 0.717) is 31.3 Å². The molecule has 3 N–H and O–H groups in total. The molecule has 0 aromatic carbocycles. The summed E-state index contributed by atoms with van der Waals surface area (Å²) >= 11 is 1.66. The van der Waals surface area contributed by atoms with Crippen LogP contribution in [0.25, 0.3) is 0 Å². The predicted octanol–water partition coefficient (Wildman–Crippen LogP) is 2.38. The van der Waals surface area contributed by atoms with Crippen LogP contribution in [0.5, 0.6) is 0 Å². The van der Waals surface area contributed by atoms with Gasteiger partial charge in [-0.1, -0.05) is 19.9 Å². The quantitative estimate of drug-likeness (QED) is 0.785. The molecule has 0 radical (unpaired) electrons. The largest absolute Gasteiger partial charge is 0.351 e. The van der Waals surface area contributed by atoms with Gasteiger partial charge in [0.1, 0.15) is 0 Å². The third kappa shape index (κ3) is 5.84. The fourth-order valence-electron chi connectivity index (χ4n) is 1.86. The van der Waals surface area contributed by atoms with Crippen LogP contribution in [0.1, 0.15) is 31.6 Å². The second-order valence-electron chi connectivity index (χ2n) is 4.79. The van der Waals surface area contributed by atoms with Gasteiger partial charge in [0, 0.05) is 11.3 Å². The van der Waals surface area contributed by atoms with Crippen molar-refractivity contribution < 1.29 is 4.79 Å². The highest BCUT2D eigenvalue weighted by Gasteiger charge is 2.13. The molecule has 96 valence electrons. The Bertz CT molecular complexity index is 322. The normalized spacial score (nSPS) is 12.7. The predicted molar refractivity (Wildman–Crippen MR) is 72.8 cm³/mol. The van der Waals surface area contributed by atoms with Gasteiger partial charge in [0.05, 0.1) is 6.54 Å². The van der Waals surface area contributed by atoms with Gasteiger partial charge in [-0.05, 0) is 36.2 Å². The Morgan fingerprint density at radius 3 is 2.82 bits per heavy atom. The molecule has 1 amide bonds. The van der Waals surface area contributed by atoms with Crippen LogP contribution in [0.2, 0.25) is 0 Å². The Morgan fingerprint density at radius 2 is 2.29 bits per heavy atom. The molecular formula is C13H22N2OS. The molecule has 1 aromatic rings. The molecule has 0 aliphatic heterocycles. The first kappa shape index (κ1) is 14.2. The summed E-state index contributed by atoms with van der Waals surface area (Å²) in [7, 11) is 0. The molecule has 3 nitrogen and oxygen atoms in total. The van der Waals surface area contributed by atoms with E-state index < -0.39 is 0 Å². The minimum absolute atomic E-state index is 0.106. The molecule has 0 saturated carbocycles. The lowest BCUT2D eigenvalue weighted by molar-refractivity contribution is -0.122. The van der Waals surface area contributed by atoms with Gasteiger partial charge in [-0.3, -0.25) is 4.79 Å². The van der Waals surface area contributed by atoms with Crippen LogP contribution in [0, 0.1) is 11.8 Å². The second kappa shape index (κ2) is 7.45. The monoisotopic (exact) mass is 254 g/mol. The maximum atomic E-state index is 11.7. The number of carbonyl (C=O) groups is 1. The molecule has 1 atom stereocenters. The topological polar surface area (TPSA) is 55.1 Å². The Balaban J connectivity index is 2.27. The molecule has 0 aliphatic carbocycles. The number of hydrogen-bond donors (Lipinski definition) is 2. The van der Waals surface area contributed by atoms with Crippen molar-refractivity contribution >= 4 is 17.2 Å². The van der Waals surface area contributed by atoms with Crippen LogP contribution < -0.4 is 11.1 Å². The van der Waals surface area contributed by atoms with Gasteiger partial charge in [0.15, 0.2) is 0 Å². The van der Waals surface area contributed by atoms with Crippen molar-refractivity contribution in [1.82, 2.24) is 5.32 Å². The van der Waals surface area contributed by atoms with Crippen LogP contribution in [-0.2, 0) is 11.3 Å². The van der Waals surface area contributed by atoms with Crippen molar-refractivity contribution in [2.75, 3.05) is 6.54 Å². The summed E-state index contributed by atoms with van der Waals surface area (Å²) in [4.78, 5) is 12.9. The molecule has 0 fully saturated rings. The van der Waals surface area contributed by atoms with Crippen molar-refractivity contribution in [1.29, 1.82) is 0 Å². The minimum atomic E-state index is 0.106. The van der Waals surface area contributed by atoms with Gasteiger partial charge in [-0.2, -0.15) is 0 Å². The Kier molecular flexibility index (Phi) is 6.22. The fourth-order valence-corrected chi connectivity index (χ4v) is 2.51. The first-order valence-corrected chi connectivity index (χ1v) is 6.99. The number of nitrogens with one attached hydrogen (secondary N) is 1. The number of rotatable bonds is 7. The summed E-state index contributed by atoms with van der Waals surface area (Å²) < 4.78 is 0. The molecular weight excluding hydrogens is 232 g/mol. The Morgan fingerprint density at radius 1 is 1.53 bits per heavy atom. The number of amides is 1. The van der Waals surface area contributed by atoms with Crippen LogP contribution in [0.15, 0.2) is 17.5 Å². The number of hydrogen-bond acceptors (Lipinski definition) is 3. The number of nitrogens with two attached hydrogens (primary N) is 1. The van der Waals surface area contributed by atoms with Crippen molar-refractivity contribution in [3.63, 3.8) is 0 Å². The van der Waals surface area contributed by atoms with E-state index in [4.69, 9.17) is 5.73 Å². The van der Waals surface area contributed by atoms with Crippen LogP contribution in [0.3, 0.4) is 0 Å². The minimum Gasteiger partial charge on any atom is -0.351 e. The number of thiophene rings is 1. The first-order valence-electron chi connectivity index (χ1n) is 6.11. The van der Waals surface area contributed by atoms with E-state index in [9.17, 15) is 4.79 Å². The molecule has 17 heavy (non-hydrogen) atoms. The van der Waals surface area contributed by atoms with Crippen molar-refractivity contribution in [2.45, 2.75) is 33.2 Å². The smallest absolute Gasteiger partial charge is 0.220 e. The zero-order valence-corrected chi connectivity index (χ0v) is 11.4. The first-order chi connectivity index (χ1) is 8.11. The lowest BCUT2D eigenvalue weighted by atomic mass is 9.94. The van der Waals surface area contributed by atoms with Crippen molar-refractivity contribution in [3.8, 4) is 0 Å². The van der Waals surface area contributed by atoms with E-state index in [1.165, 1.54) is 4.88 Å². The summed E-state index contributed by atoms with van der Waals surface area (Å²) in [6, 6.07) is 4.02. The Hall–Kier alpha value is -0.870. The van der Waals surface area contributed by atoms with Gasteiger partial charge in [-0.25, -0.2) is 0 Å². The molecule has 1 unspecified atom stereocenters. The fraction of sp³-hybridized carbons (Fsp3) is 0.615. The molecule has 1 heterocycles. The van der Waals surface area contributed by atoms with Crippen LogP contribution >= 0.6 is 11.3 Å². The summed E-state index contributed by atoms with van der Waals surface area (Å²) in [5, 5.41) is 4.96. The summed E-state index contributed by atoms with van der Waals surface area (Å²) in [6.07, 6.45) is 1.56. The lowest BCUT2D eigenvalue weighted by Gasteiger charge is -2.16. The molecule has 4 heteroatoms. The maximum Gasteiger partial charge on any atom is 0.220 e. The van der Waals surface area contributed by atoms with Crippen LogP contribution in [-0.4, -0.2) is 12.5 Å². The van der Waals surface area contributed by atoms with Gasteiger partial charge in [-0.15, -0.1) is 11.3 Å². The van der Waals surface area contributed by atoms with E-state index in [1.54, 1.807) is 11.3 Å². The highest BCUT2D eigenvalue weighted by atomic mass is 32.1. The highest BCUT2D eigenvalue weighted by Crippen LogP contribution is 2.14. The lowest BCUT2D eigenvalue weighted by Crippen LogP contribution is -2.28. The summed E-state index contributed by atoms with van der Waals surface area (Å²) in [5.74, 6) is 1.00. The average molecular weight is 254 g/mol. The molecule has 0 bridgehead atoms. The number of carbonyl (C=O) groups excluding carboxylic acids is 1. The third-order valence-corrected chi connectivity index (χ3v) is 3.53. The average Bonchev–Trinajstić information content (AvgIpc) is 2.77. The van der Waals surface area contributed by atoms with Gasteiger partial charge >= 0.3 is 0 Å². The van der Waals surface area contributed by atoms with Crippen LogP contribution in [0.4, 0.5) is 0 Å². The second-order valence-corrected chi connectivity index (χ2v) is 5.82. The van der Waals surface area contributed by atoms with Gasteiger partial charge < -0.3 is 11.1 Å². The summed E-state index contributed by atoms with van der Waals surface area (Å²) in [6.45, 7) is 5.54. The maximum absolute atomic E-state index is 11.7. The van der Waals surface area contributed by atoms with E-state index in [0.717, 1.165) is 6.42 Å². The standard InChI is InChI=1S/C13H22N2OS/c1-10(2)6-11(8-14)7-13(16)15-9-12-4-3-5-17-12/h3-5,10-11H,6-9,14H2,1-2H3,(H,15,16). The molecule has 0 aliphatic rings. The van der Waals surface area contributed by atoms with E-state index in [1.807, 2.05) is 17.5 Å². The zero-order chi connectivity index (χ0) is 12.7. The molecule has 0 saturated heterocycles.